The molecular formula is C16H33NO2S. The van der Waals surface area contributed by atoms with E-state index < -0.39 is 5.54 Å². The van der Waals surface area contributed by atoms with E-state index in [0.717, 1.165) is 31.1 Å². The topological polar surface area (TPSA) is 38.3 Å². The molecule has 0 spiro atoms. The van der Waals surface area contributed by atoms with E-state index in [1.54, 1.807) is 0 Å². The molecule has 0 bridgehead atoms. The highest BCUT2D eigenvalue weighted by molar-refractivity contribution is 7.99. The molecule has 3 nitrogen and oxygen atoms in total. The molecule has 2 atom stereocenters. The Kier molecular flexibility index (Phi) is 10.4. The molecule has 0 aromatic heterocycles. The quantitative estimate of drug-likeness (QED) is 0.588. The summed E-state index contributed by atoms with van der Waals surface area (Å²) in [6, 6.07) is 0. The van der Waals surface area contributed by atoms with Crippen LogP contribution in [0.5, 0.6) is 0 Å². The van der Waals surface area contributed by atoms with Gasteiger partial charge in [0.05, 0.1) is 6.61 Å². The molecule has 0 aliphatic heterocycles. The van der Waals surface area contributed by atoms with E-state index in [2.05, 4.69) is 33.0 Å². The summed E-state index contributed by atoms with van der Waals surface area (Å²) in [4.78, 5) is 12.2. The van der Waals surface area contributed by atoms with Crippen LogP contribution in [-0.4, -0.2) is 35.7 Å². The highest BCUT2D eigenvalue weighted by Gasteiger charge is 2.35. The molecule has 0 heterocycles. The second-order valence-corrected chi connectivity index (χ2v) is 7.59. The summed E-state index contributed by atoms with van der Waals surface area (Å²) in [7, 11) is 0. The van der Waals surface area contributed by atoms with Crippen molar-refractivity contribution in [3.05, 3.63) is 0 Å². The first-order valence-corrected chi connectivity index (χ1v) is 8.94. The smallest absolute Gasteiger partial charge is 0.326 e. The van der Waals surface area contributed by atoms with Crippen LogP contribution >= 0.6 is 11.8 Å². The zero-order valence-corrected chi connectivity index (χ0v) is 14.9. The number of hydrogen-bond acceptors (Lipinski definition) is 4. The minimum atomic E-state index is -0.559. The van der Waals surface area contributed by atoms with Crippen LogP contribution in [0, 0.1) is 5.92 Å². The average molecular weight is 304 g/mol. The maximum Gasteiger partial charge on any atom is 0.326 e. The molecule has 0 saturated heterocycles. The van der Waals surface area contributed by atoms with Gasteiger partial charge in [-0.25, -0.2) is 0 Å². The molecule has 1 N–H and O–H groups in total. The first-order chi connectivity index (χ1) is 9.35. The summed E-state index contributed by atoms with van der Waals surface area (Å²) < 4.78 is 5.24. The monoisotopic (exact) mass is 303 g/mol. The minimum Gasteiger partial charge on any atom is -0.465 e. The van der Waals surface area contributed by atoms with Crippen LogP contribution in [-0.2, 0) is 9.53 Å². The van der Waals surface area contributed by atoms with Crippen molar-refractivity contribution in [2.24, 2.45) is 5.92 Å². The van der Waals surface area contributed by atoms with Crippen molar-refractivity contribution >= 4 is 17.7 Å². The third kappa shape index (κ3) is 8.15. The van der Waals surface area contributed by atoms with Crippen molar-refractivity contribution < 1.29 is 9.53 Å². The molecule has 20 heavy (non-hydrogen) atoms. The molecule has 4 heteroatoms. The van der Waals surface area contributed by atoms with Crippen LogP contribution in [0.15, 0.2) is 0 Å². The van der Waals surface area contributed by atoms with Crippen molar-refractivity contribution in [1.82, 2.24) is 5.32 Å². The van der Waals surface area contributed by atoms with Crippen LogP contribution in [0.4, 0.5) is 0 Å². The normalized spacial score (nSPS) is 15.9. The van der Waals surface area contributed by atoms with Crippen molar-refractivity contribution in [1.29, 1.82) is 0 Å². The second-order valence-electron chi connectivity index (χ2n) is 6.05. The van der Waals surface area contributed by atoms with E-state index in [0.29, 0.717) is 11.9 Å². The lowest BCUT2D eigenvalue weighted by molar-refractivity contribution is -0.150. The molecule has 0 aliphatic rings. The fraction of sp³-hybridized carbons (Fsp3) is 0.938. The number of hydrogen-bond donors (Lipinski definition) is 1. The van der Waals surface area contributed by atoms with Gasteiger partial charge in [-0.05, 0) is 51.3 Å². The number of nitrogens with one attached hydrogen (secondary N) is 1. The summed E-state index contributed by atoms with van der Waals surface area (Å²) in [6.07, 6.45) is 3.06. The van der Waals surface area contributed by atoms with Gasteiger partial charge in [-0.15, -0.1) is 0 Å². The van der Waals surface area contributed by atoms with E-state index in [4.69, 9.17) is 4.74 Å². The largest absolute Gasteiger partial charge is 0.465 e. The second kappa shape index (κ2) is 10.5. The van der Waals surface area contributed by atoms with Gasteiger partial charge in [0, 0.05) is 5.25 Å². The van der Waals surface area contributed by atoms with Gasteiger partial charge >= 0.3 is 5.97 Å². The van der Waals surface area contributed by atoms with E-state index in [9.17, 15) is 4.79 Å². The highest BCUT2D eigenvalue weighted by Crippen LogP contribution is 2.24. The standard InChI is InChI=1S/C16H33NO2S/c1-7-10-17-16(6,15(18)19-8-2)12-14(5)20-11-9-13(3)4/h13-14,17H,7-12H2,1-6H3. The fourth-order valence-electron chi connectivity index (χ4n) is 2.06. The molecule has 120 valence electrons. The van der Waals surface area contributed by atoms with Crippen LogP contribution < -0.4 is 5.32 Å². The molecule has 0 aromatic rings. The van der Waals surface area contributed by atoms with Crippen LogP contribution in [0.2, 0.25) is 0 Å². The summed E-state index contributed by atoms with van der Waals surface area (Å²) in [5, 5.41) is 3.82. The van der Waals surface area contributed by atoms with E-state index in [1.807, 2.05) is 25.6 Å². The van der Waals surface area contributed by atoms with Gasteiger partial charge in [-0.2, -0.15) is 11.8 Å². The zero-order chi connectivity index (χ0) is 15.6. The predicted molar refractivity (Wildman–Crippen MR) is 89.3 cm³/mol. The van der Waals surface area contributed by atoms with Gasteiger partial charge < -0.3 is 10.1 Å². The number of thioether (sulfide) groups is 1. The van der Waals surface area contributed by atoms with E-state index in [1.165, 1.54) is 6.42 Å². The molecule has 0 amide bonds. The Morgan fingerprint density at radius 1 is 1.30 bits per heavy atom. The number of carbonyl (C=O) groups is 1. The lowest BCUT2D eigenvalue weighted by Gasteiger charge is -2.31. The van der Waals surface area contributed by atoms with E-state index >= 15 is 0 Å². The molecule has 0 aromatic carbocycles. The third-order valence-corrected chi connectivity index (χ3v) is 4.49. The first kappa shape index (κ1) is 19.8. The number of rotatable bonds is 11. The summed E-state index contributed by atoms with van der Waals surface area (Å²) in [5.41, 5.74) is -0.559. The van der Waals surface area contributed by atoms with Crippen molar-refractivity contribution in [2.45, 2.75) is 71.6 Å². The molecule has 0 radical (unpaired) electrons. The Hall–Kier alpha value is -0.220. The summed E-state index contributed by atoms with van der Waals surface area (Å²) in [5.74, 6) is 1.78. The Morgan fingerprint density at radius 2 is 1.95 bits per heavy atom. The Morgan fingerprint density at radius 3 is 2.45 bits per heavy atom. The third-order valence-electron chi connectivity index (χ3n) is 3.28. The van der Waals surface area contributed by atoms with Gasteiger partial charge in [0.2, 0.25) is 0 Å². The summed E-state index contributed by atoms with van der Waals surface area (Å²) >= 11 is 1.95. The van der Waals surface area contributed by atoms with Gasteiger partial charge in [-0.3, -0.25) is 4.79 Å². The Balaban J connectivity index is 4.43. The van der Waals surface area contributed by atoms with Crippen LogP contribution in [0.25, 0.3) is 0 Å². The SMILES string of the molecule is CCCNC(C)(CC(C)SCCC(C)C)C(=O)OCC. The Bertz CT molecular complexity index is 271. The van der Waals surface area contributed by atoms with Crippen molar-refractivity contribution in [3.8, 4) is 0 Å². The zero-order valence-electron chi connectivity index (χ0n) is 14.1. The molecule has 0 aliphatic carbocycles. The minimum absolute atomic E-state index is 0.121. The number of esters is 1. The van der Waals surface area contributed by atoms with Gasteiger partial charge in [0.25, 0.3) is 0 Å². The maximum atomic E-state index is 12.2. The fourth-order valence-corrected chi connectivity index (χ4v) is 3.52. The first-order valence-electron chi connectivity index (χ1n) is 7.89. The average Bonchev–Trinajstić information content (AvgIpc) is 2.36. The van der Waals surface area contributed by atoms with Gasteiger partial charge in [0.15, 0.2) is 0 Å². The van der Waals surface area contributed by atoms with Gasteiger partial charge in [0.1, 0.15) is 5.54 Å². The van der Waals surface area contributed by atoms with Gasteiger partial charge in [-0.1, -0.05) is 27.7 Å². The molecular weight excluding hydrogens is 270 g/mol. The van der Waals surface area contributed by atoms with Crippen molar-refractivity contribution in [3.63, 3.8) is 0 Å². The van der Waals surface area contributed by atoms with E-state index in [-0.39, 0.29) is 5.97 Å². The van der Waals surface area contributed by atoms with Crippen molar-refractivity contribution in [2.75, 3.05) is 18.9 Å². The Labute approximate surface area is 129 Å². The number of carbonyl (C=O) groups excluding carboxylic acids is 1. The van der Waals surface area contributed by atoms with Crippen LogP contribution in [0.3, 0.4) is 0 Å². The van der Waals surface area contributed by atoms with Crippen LogP contribution in [0.1, 0.15) is 60.8 Å². The molecule has 0 saturated carbocycles. The lowest BCUT2D eigenvalue weighted by Crippen LogP contribution is -2.52. The summed E-state index contributed by atoms with van der Waals surface area (Å²) in [6.45, 7) is 13.9. The highest BCUT2D eigenvalue weighted by atomic mass is 32.2. The molecule has 0 fully saturated rings. The lowest BCUT2D eigenvalue weighted by atomic mass is 9.96. The molecule has 2 unspecified atom stereocenters. The predicted octanol–water partition coefficient (Wildman–Crippen LogP) is 3.87. The molecule has 0 rings (SSSR count). The number of ether oxygens (including phenoxy) is 1. The maximum absolute atomic E-state index is 12.2.